The van der Waals surface area contributed by atoms with Crippen LogP contribution in [0.1, 0.15) is 39.2 Å². The Morgan fingerprint density at radius 1 is 1.37 bits per heavy atom. The van der Waals surface area contributed by atoms with Crippen LogP contribution in [0, 0.1) is 5.92 Å². The Bertz CT molecular complexity index is 431. The van der Waals surface area contributed by atoms with Crippen LogP contribution in [0.2, 0.25) is 0 Å². The van der Waals surface area contributed by atoms with Gasteiger partial charge in [-0.25, -0.2) is 0 Å². The number of hydrogen-bond acceptors (Lipinski definition) is 2. The van der Waals surface area contributed by atoms with Crippen LogP contribution in [-0.2, 0) is 10.2 Å². The summed E-state index contributed by atoms with van der Waals surface area (Å²) in [7, 11) is 1.66. The zero-order chi connectivity index (χ0) is 14.5. The van der Waals surface area contributed by atoms with Gasteiger partial charge in [0.1, 0.15) is 11.5 Å². The van der Waals surface area contributed by atoms with E-state index in [0.717, 1.165) is 12.2 Å². The summed E-state index contributed by atoms with van der Waals surface area (Å²) in [6.07, 6.45) is 3.31. The molecule has 2 heteroatoms. The topological polar surface area (TPSA) is 26.3 Å². The van der Waals surface area contributed by atoms with Crippen molar-refractivity contribution in [3.63, 3.8) is 0 Å². The molecule has 104 valence electrons. The zero-order valence-corrected chi connectivity index (χ0v) is 12.4. The van der Waals surface area contributed by atoms with Gasteiger partial charge in [-0.2, -0.15) is 0 Å². The molecule has 0 aliphatic rings. The molecule has 0 aliphatic heterocycles. The van der Waals surface area contributed by atoms with E-state index in [4.69, 9.17) is 4.74 Å². The van der Waals surface area contributed by atoms with Crippen LogP contribution in [-0.4, -0.2) is 12.9 Å². The smallest absolute Gasteiger partial charge is 0.135 e. The fraction of sp³-hybridized carbons (Fsp3) is 0.471. The van der Waals surface area contributed by atoms with Crippen molar-refractivity contribution in [2.75, 3.05) is 7.11 Å². The van der Waals surface area contributed by atoms with E-state index in [1.54, 1.807) is 7.11 Å². The molecule has 0 aliphatic carbocycles. The van der Waals surface area contributed by atoms with Gasteiger partial charge in [0.25, 0.3) is 0 Å². The molecule has 0 spiro atoms. The van der Waals surface area contributed by atoms with E-state index in [9.17, 15) is 4.79 Å². The molecule has 2 nitrogen and oxygen atoms in total. The molecule has 1 atom stereocenters. The number of carbonyl (C=O) groups is 1. The van der Waals surface area contributed by atoms with Crippen molar-refractivity contribution in [3.05, 3.63) is 42.5 Å². The summed E-state index contributed by atoms with van der Waals surface area (Å²) in [6.45, 7) is 9.94. The van der Waals surface area contributed by atoms with Gasteiger partial charge in [-0.1, -0.05) is 39.0 Å². The van der Waals surface area contributed by atoms with Crippen molar-refractivity contribution < 1.29 is 9.53 Å². The molecule has 0 saturated carbocycles. The molecule has 0 fully saturated rings. The van der Waals surface area contributed by atoms with Crippen LogP contribution in [0.3, 0.4) is 0 Å². The molecule has 0 amide bonds. The van der Waals surface area contributed by atoms with Crippen molar-refractivity contribution in [3.8, 4) is 5.75 Å². The van der Waals surface area contributed by atoms with Gasteiger partial charge in [0.15, 0.2) is 0 Å². The monoisotopic (exact) mass is 260 g/mol. The maximum Gasteiger partial charge on any atom is 0.135 e. The molecule has 0 aromatic heterocycles. The first-order chi connectivity index (χ1) is 8.92. The molecule has 1 aromatic rings. The lowest BCUT2D eigenvalue weighted by Crippen LogP contribution is -2.21. The van der Waals surface area contributed by atoms with Crippen LogP contribution in [0.25, 0.3) is 0 Å². The highest BCUT2D eigenvalue weighted by Crippen LogP contribution is 2.31. The van der Waals surface area contributed by atoms with Gasteiger partial charge in [-0.05, 0) is 24.1 Å². The Labute approximate surface area is 116 Å². The molecular formula is C17H24O2. The van der Waals surface area contributed by atoms with Gasteiger partial charge in [0.2, 0.25) is 0 Å². The summed E-state index contributed by atoms with van der Waals surface area (Å²) >= 11 is 0. The SMILES string of the molecule is C=CC(C)(CCC(=O)C(C)C)c1ccc(OC)cc1. The predicted octanol–water partition coefficient (Wildman–Crippen LogP) is 4.14. The molecule has 19 heavy (non-hydrogen) atoms. The Kier molecular flexibility index (Phi) is 5.34. The quantitative estimate of drug-likeness (QED) is 0.689. The minimum absolute atomic E-state index is 0.102. The first kappa shape index (κ1) is 15.5. The molecule has 0 radical (unpaired) electrons. The molecule has 0 heterocycles. The predicted molar refractivity (Wildman–Crippen MR) is 79.6 cm³/mol. The molecule has 1 rings (SSSR count). The largest absolute Gasteiger partial charge is 0.497 e. The molecule has 0 saturated heterocycles. The average molecular weight is 260 g/mol. The number of benzene rings is 1. The fourth-order valence-electron chi connectivity index (χ4n) is 2.01. The molecular weight excluding hydrogens is 236 g/mol. The highest BCUT2D eigenvalue weighted by atomic mass is 16.5. The van der Waals surface area contributed by atoms with E-state index in [1.807, 2.05) is 44.2 Å². The minimum Gasteiger partial charge on any atom is -0.497 e. The van der Waals surface area contributed by atoms with Gasteiger partial charge in [-0.3, -0.25) is 4.79 Å². The van der Waals surface area contributed by atoms with Crippen molar-refractivity contribution >= 4 is 5.78 Å². The molecule has 0 N–H and O–H groups in total. The van der Waals surface area contributed by atoms with E-state index in [2.05, 4.69) is 13.5 Å². The van der Waals surface area contributed by atoms with Crippen LogP contribution >= 0.6 is 0 Å². The lowest BCUT2D eigenvalue weighted by molar-refractivity contribution is -0.122. The minimum atomic E-state index is -0.170. The number of hydrogen-bond donors (Lipinski definition) is 0. The van der Waals surface area contributed by atoms with E-state index in [1.165, 1.54) is 5.56 Å². The summed E-state index contributed by atoms with van der Waals surface area (Å²) in [5, 5.41) is 0. The Morgan fingerprint density at radius 2 is 1.95 bits per heavy atom. The van der Waals surface area contributed by atoms with Gasteiger partial charge in [0.05, 0.1) is 7.11 Å². The van der Waals surface area contributed by atoms with Crippen LogP contribution < -0.4 is 4.74 Å². The van der Waals surface area contributed by atoms with E-state index in [-0.39, 0.29) is 11.3 Å². The Hall–Kier alpha value is -1.57. The summed E-state index contributed by atoms with van der Waals surface area (Å²) in [6, 6.07) is 7.98. The number of ether oxygens (including phenoxy) is 1. The van der Waals surface area contributed by atoms with Crippen LogP contribution in [0.4, 0.5) is 0 Å². The third kappa shape index (κ3) is 3.95. The standard InChI is InChI=1S/C17H24O2/c1-6-17(4,12-11-16(18)13(2)3)14-7-9-15(19-5)10-8-14/h6-10,13H,1,11-12H2,2-5H3. The summed E-state index contributed by atoms with van der Waals surface area (Å²) in [5.74, 6) is 1.25. The highest BCUT2D eigenvalue weighted by Gasteiger charge is 2.24. The maximum atomic E-state index is 11.8. The third-order valence-corrected chi connectivity index (χ3v) is 3.73. The normalized spacial score (nSPS) is 13.9. The first-order valence-electron chi connectivity index (χ1n) is 6.74. The second-order valence-corrected chi connectivity index (χ2v) is 5.47. The number of Topliss-reactive ketones (excluding diaryl/α,β-unsaturated/α-hetero) is 1. The van der Waals surface area contributed by atoms with Gasteiger partial charge in [0, 0.05) is 17.8 Å². The molecule has 1 aromatic carbocycles. The fourth-order valence-corrected chi connectivity index (χ4v) is 2.01. The van der Waals surface area contributed by atoms with Crippen LogP contribution in [0.15, 0.2) is 36.9 Å². The zero-order valence-electron chi connectivity index (χ0n) is 12.4. The second-order valence-electron chi connectivity index (χ2n) is 5.47. The van der Waals surface area contributed by atoms with E-state index in [0.29, 0.717) is 12.2 Å². The molecule has 1 unspecified atom stereocenters. The van der Waals surface area contributed by atoms with Gasteiger partial charge >= 0.3 is 0 Å². The number of rotatable bonds is 7. The number of methoxy groups -OCH3 is 1. The van der Waals surface area contributed by atoms with Gasteiger partial charge in [-0.15, -0.1) is 6.58 Å². The number of allylic oxidation sites excluding steroid dienone is 1. The Balaban J connectivity index is 2.83. The average Bonchev–Trinajstić information content (AvgIpc) is 2.44. The van der Waals surface area contributed by atoms with Crippen molar-refractivity contribution in [1.82, 2.24) is 0 Å². The highest BCUT2D eigenvalue weighted by molar-refractivity contribution is 5.80. The lowest BCUT2D eigenvalue weighted by Gasteiger charge is -2.26. The summed E-state index contributed by atoms with van der Waals surface area (Å²) in [5.41, 5.74) is 0.997. The van der Waals surface area contributed by atoms with Gasteiger partial charge < -0.3 is 4.74 Å². The number of ketones is 1. The second kappa shape index (κ2) is 6.55. The first-order valence-corrected chi connectivity index (χ1v) is 6.74. The van der Waals surface area contributed by atoms with Crippen molar-refractivity contribution in [2.45, 2.75) is 39.0 Å². The summed E-state index contributed by atoms with van der Waals surface area (Å²) < 4.78 is 5.17. The van der Waals surface area contributed by atoms with Crippen molar-refractivity contribution in [2.24, 2.45) is 5.92 Å². The van der Waals surface area contributed by atoms with Crippen LogP contribution in [0.5, 0.6) is 5.75 Å². The van der Waals surface area contributed by atoms with E-state index >= 15 is 0 Å². The van der Waals surface area contributed by atoms with Crippen molar-refractivity contribution in [1.29, 1.82) is 0 Å². The maximum absolute atomic E-state index is 11.8. The number of carbonyl (C=O) groups excluding carboxylic acids is 1. The Morgan fingerprint density at radius 3 is 2.37 bits per heavy atom. The van der Waals surface area contributed by atoms with E-state index < -0.39 is 0 Å². The molecule has 0 bridgehead atoms. The summed E-state index contributed by atoms with van der Waals surface area (Å²) in [4.78, 5) is 11.8. The third-order valence-electron chi connectivity index (χ3n) is 3.73. The lowest BCUT2D eigenvalue weighted by atomic mass is 9.77.